The lowest BCUT2D eigenvalue weighted by Gasteiger charge is -2.08. The van der Waals surface area contributed by atoms with Crippen LogP contribution in [0, 0.1) is 20.2 Å². The molecule has 0 atom stereocenters. The van der Waals surface area contributed by atoms with Crippen LogP contribution in [0.15, 0.2) is 72.0 Å². The van der Waals surface area contributed by atoms with E-state index in [9.17, 15) is 29.8 Å². The summed E-state index contributed by atoms with van der Waals surface area (Å²) in [5.41, 5.74) is 0.736. The second kappa shape index (κ2) is 10.4. The summed E-state index contributed by atoms with van der Waals surface area (Å²) in [7, 11) is 0. The highest BCUT2D eigenvalue weighted by Crippen LogP contribution is 2.14. The van der Waals surface area contributed by atoms with Gasteiger partial charge in [-0.25, -0.2) is 14.3 Å². The molecule has 0 unspecified atom stereocenters. The van der Waals surface area contributed by atoms with Crippen molar-refractivity contribution in [2.75, 3.05) is 0 Å². The molecule has 0 aliphatic rings. The molecule has 0 fully saturated rings. The summed E-state index contributed by atoms with van der Waals surface area (Å²) in [4.78, 5) is 48.6. The number of aliphatic imine (C=N–C) groups is 1. The summed E-state index contributed by atoms with van der Waals surface area (Å²) in [5.74, 6) is -1.44. The fourth-order valence-electron chi connectivity index (χ4n) is 2.49. The van der Waals surface area contributed by atoms with Crippen LogP contribution >= 0.6 is 0 Å². The van der Waals surface area contributed by atoms with Crippen molar-refractivity contribution in [1.29, 1.82) is 0 Å². The van der Waals surface area contributed by atoms with Crippen molar-refractivity contribution in [3.63, 3.8) is 0 Å². The molecule has 3 aromatic rings. The van der Waals surface area contributed by atoms with Crippen LogP contribution in [-0.4, -0.2) is 37.5 Å². The van der Waals surface area contributed by atoms with Gasteiger partial charge in [0, 0.05) is 36.7 Å². The summed E-state index contributed by atoms with van der Waals surface area (Å²) in [6.45, 7) is -0.459. The van der Waals surface area contributed by atoms with Crippen molar-refractivity contribution in [1.82, 2.24) is 9.78 Å². The third-order valence-electron chi connectivity index (χ3n) is 4.13. The summed E-state index contributed by atoms with van der Waals surface area (Å²) in [6.07, 6.45) is 1.63. The quantitative estimate of drug-likeness (QED) is 0.179. The second-order valence-corrected chi connectivity index (χ2v) is 6.36. The first-order valence-corrected chi connectivity index (χ1v) is 9.23. The second-order valence-electron chi connectivity index (χ2n) is 6.36. The van der Waals surface area contributed by atoms with Crippen molar-refractivity contribution >= 4 is 29.3 Å². The summed E-state index contributed by atoms with van der Waals surface area (Å²) in [6, 6.07) is 12.2. The van der Waals surface area contributed by atoms with Crippen molar-refractivity contribution in [2.24, 2.45) is 4.99 Å². The number of aromatic nitrogens is 2. The number of hydrogen-bond donors (Lipinski definition) is 0. The molecule has 0 bridgehead atoms. The lowest BCUT2D eigenvalue weighted by Crippen LogP contribution is -2.27. The number of hydrogen-bond acceptors (Lipinski definition) is 9. The van der Waals surface area contributed by atoms with Crippen LogP contribution in [0.2, 0.25) is 0 Å². The highest BCUT2D eigenvalue weighted by Gasteiger charge is 2.19. The fourth-order valence-corrected chi connectivity index (χ4v) is 2.49. The fraction of sp³-hybridized carbons (Fsp3) is 0.100. The van der Waals surface area contributed by atoms with Crippen molar-refractivity contribution < 1.29 is 28.9 Å². The molecule has 13 heteroatoms. The molecule has 0 saturated carbocycles. The van der Waals surface area contributed by atoms with Crippen LogP contribution in [0.4, 0.5) is 16.2 Å². The van der Waals surface area contributed by atoms with Gasteiger partial charge in [-0.1, -0.05) is 0 Å². The van der Waals surface area contributed by atoms with E-state index in [1.54, 1.807) is 0 Å². The SMILES string of the molecule is O=C(N=C(C(=O)OCc1ccc([N+](=O)[O-])cc1)n1cccn1)OCc1ccc([N+](=O)[O-])cc1. The Hall–Kier alpha value is -4.94. The van der Waals surface area contributed by atoms with Crippen LogP contribution < -0.4 is 0 Å². The maximum Gasteiger partial charge on any atom is 0.436 e. The molecule has 2 aromatic carbocycles. The normalized spacial score (nSPS) is 11.0. The number of nitro benzene ring substituents is 2. The molecule has 1 heterocycles. The molecule has 33 heavy (non-hydrogen) atoms. The van der Waals surface area contributed by atoms with E-state index < -0.39 is 27.7 Å². The summed E-state index contributed by atoms with van der Waals surface area (Å²) < 4.78 is 11.2. The molecule has 0 N–H and O–H groups in total. The van der Waals surface area contributed by atoms with Crippen molar-refractivity contribution in [2.45, 2.75) is 13.2 Å². The maximum absolute atomic E-state index is 12.5. The van der Waals surface area contributed by atoms with Gasteiger partial charge in [0.25, 0.3) is 11.4 Å². The zero-order valence-corrected chi connectivity index (χ0v) is 16.8. The lowest BCUT2D eigenvalue weighted by molar-refractivity contribution is -0.385. The number of nitrogens with zero attached hydrogens (tertiary/aromatic N) is 5. The van der Waals surface area contributed by atoms with Gasteiger partial charge < -0.3 is 9.47 Å². The third kappa shape index (κ3) is 6.27. The van der Waals surface area contributed by atoms with Crippen molar-refractivity contribution in [3.8, 4) is 0 Å². The molecular weight excluding hydrogens is 438 g/mol. The molecule has 0 aliphatic carbocycles. The number of non-ortho nitro benzene ring substituents is 2. The molecule has 1 amide bonds. The zero-order chi connectivity index (χ0) is 23.8. The Labute approximate surface area is 185 Å². The standard InChI is InChI=1S/C20H15N5O8/c26-19(32-12-14-2-6-16(7-3-14)24(28)29)18(23-11-1-10-21-23)22-20(27)33-13-15-4-8-17(9-5-15)25(30)31/h1-11H,12-13H2. The van der Waals surface area contributed by atoms with Gasteiger partial charge in [0.15, 0.2) is 0 Å². The minimum atomic E-state index is -1.11. The van der Waals surface area contributed by atoms with E-state index in [4.69, 9.17) is 9.47 Å². The van der Waals surface area contributed by atoms with Crippen LogP contribution in [0.1, 0.15) is 11.1 Å². The predicted molar refractivity (Wildman–Crippen MR) is 111 cm³/mol. The van der Waals surface area contributed by atoms with Crippen molar-refractivity contribution in [3.05, 3.63) is 98.3 Å². The van der Waals surface area contributed by atoms with Gasteiger partial charge >= 0.3 is 12.1 Å². The number of nitro groups is 2. The molecule has 0 aliphatic heterocycles. The highest BCUT2D eigenvalue weighted by molar-refractivity contribution is 6.37. The first-order chi connectivity index (χ1) is 15.8. The van der Waals surface area contributed by atoms with E-state index in [-0.39, 0.29) is 24.6 Å². The number of ether oxygens (including phenoxy) is 2. The molecule has 0 saturated heterocycles. The van der Waals surface area contributed by atoms with E-state index in [2.05, 4.69) is 10.1 Å². The number of benzene rings is 2. The minimum absolute atomic E-state index is 0.111. The number of rotatable bonds is 6. The average molecular weight is 453 g/mol. The monoisotopic (exact) mass is 453 g/mol. The Kier molecular flexibility index (Phi) is 7.16. The maximum atomic E-state index is 12.5. The third-order valence-corrected chi connectivity index (χ3v) is 4.13. The van der Waals surface area contributed by atoms with Crippen LogP contribution in [0.3, 0.4) is 0 Å². The van der Waals surface area contributed by atoms with E-state index in [0.717, 1.165) is 4.68 Å². The number of esters is 1. The zero-order valence-electron chi connectivity index (χ0n) is 16.8. The smallest absolute Gasteiger partial charge is 0.436 e. The highest BCUT2D eigenvalue weighted by atomic mass is 16.6. The molecular formula is C20H15N5O8. The minimum Gasteiger partial charge on any atom is -0.455 e. The summed E-state index contributed by atoms with van der Waals surface area (Å²) in [5, 5.41) is 25.3. The number of carbonyl (C=O) groups excluding carboxylic acids is 2. The van der Waals surface area contributed by atoms with Crippen LogP contribution in [0.25, 0.3) is 0 Å². The first-order valence-electron chi connectivity index (χ1n) is 9.23. The Morgan fingerprint density at radius 3 is 1.85 bits per heavy atom. The number of carbonyl (C=O) groups is 2. The van der Waals surface area contributed by atoms with E-state index in [0.29, 0.717) is 11.1 Å². The van der Waals surface area contributed by atoms with Gasteiger partial charge in [-0.15, -0.1) is 4.99 Å². The largest absolute Gasteiger partial charge is 0.455 e. The molecule has 0 radical (unpaired) electrons. The topological polar surface area (TPSA) is 169 Å². The van der Waals surface area contributed by atoms with E-state index in [1.165, 1.54) is 67.0 Å². The van der Waals surface area contributed by atoms with Crippen LogP contribution in [0.5, 0.6) is 0 Å². The van der Waals surface area contributed by atoms with Gasteiger partial charge in [-0.05, 0) is 41.5 Å². The van der Waals surface area contributed by atoms with Gasteiger partial charge in [-0.2, -0.15) is 5.10 Å². The molecule has 168 valence electrons. The van der Waals surface area contributed by atoms with E-state index >= 15 is 0 Å². The van der Waals surface area contributed by atoms with Crippen LogP contribution in [-0.2, 0) is 27.5 Å². The lowest BCUT2D eigenvalue weighted by atomic mass is 10.2. The van der Waals surface area contributed by atoms with Gasteiger partial charge in [0.2, 0.25) is 5.84 Å². The Morgan fingerprint density at radius 1 is 0.879 bits per heavy atom. The molecule has 1 aromatic heterocycles. The van der Waals surface area contributed by atoms with E-state index in [1.807, 2.05) is 0 Å². The van der Waals surface area contributed by atoms with Gasteiger partial charge in [0.1, 0.15) is 13.2 Å². The summed E-state index contributed by atoms with van der Waals surface area (Å²) >= 11 is 0. The average Bonchev–Trinajstić information content (AvgIpc) is 3.34. The number of amides is 1. The Bertz CT molecular complexity index is 1190. The first kappa shape index (κ1) is 22.7. The molecule has 3 rings (SSSR count). The van der Waals surface area contributed by atoms with Gasteiger partial charge in [0.05, 0.1) is 9.85 Å². The molecule has 0 spiro atoms. The Morgan fingerprint density at radius 2 is 1.39 bits per heavy atom. The predicted octanol–water partition coefficient (Wildman–Crippen LogP) is 3.03. The Balaban J connectivity index is 1.65. The van der Waals surface area contributed by atoms with Gasteiger partial charge in [-0.3, -0.25) is 20.2 Å². The molecule has 13 nitrogen and oxygen atoms in total.